The molecule has 2 heterocycles. The van der Waals surface area contributed by atoms with Crippen LogP contribution in [0.5, 0.6) is 0 Å². The molecule has 1 aliphatic rings. The summed E-state index contributed by atoms with van der Waals surface area (Å²) in [6, 6.07) is 1.24. The molecule has 8 atom stereocenters. The van der Waals surface area contributed by atoms with Crippen molar-refractivity contribution in [2.24, 2.45) is 0 Å². The van der Waals surface area contributed by atoms with Gasteiger partial charge in [0.1, 0.15) is 30.7 Å². The molecule has 1 fully saturated rings. The molecule has 1 aromatic rings. The van der Waals surface area contributed by atoms with Gasteiger partial charge < -0.3 is 45.1 Å². The fraction of sp³-hybridized carbons (Fsp3) is 0.615. The maximum Gasteiger partial charge on any atom is 0.481 e. The number of aliphatic hydroxyl groups is 3. The number of nitrogens with zero attached hydrogens (tertiary/aromatic N) is 2. The van der Waals surface area contributed by atoms with E-state index < -0.39 is 89.8 Å². The van der Waals surface area contributed by atoms with Gasteiger partial charge >= 0.3 is 33.3 Å². The highest BCUT2D eigenvalue weighted by molar-refractivity contribution is 7.61. The number of nitrogens with two attached hydrogens (primary N) is 1. The largest absolute Gasteiger partial charge is 0.481 e. The number of phosphoric ester groups is 2. The van der Waals surface area contributed by atoms with Crippen molar-refractivity contribution >= 4 is 33.4 Å². The van der Waals surface area contributed by atoms with E-state index in [-0.39, 0.29) is 18.7 Å². The third-order valence-corrected chi connectivity index (χ3v) is 13.7. The molecule has 1 saturated heterocycles. The zero-order chi connectivity index (χ0) is 53.6. The van der Waals surface area contributed by atoms with E-state index in [1.54, 1.807) is 12.2 Å². The predicted octanol–water partition coefficient (Wildman–Crippen LogP) is 9.64. The summed E-state index contributed by atoms with van der Waals surface area (Å²) in [7, 11) is -10.9. The summed E-state index contributed by atoms with van der Waals surface area (Å²) in [6.45, 7) is 1.85. The Labute approximate surface area is 431 Å². The number of esters is 2. The van der Waals surface area contributed by atoms with Crippen LogP contribution in [0.15, 0.2) is 102 Å². The van der Waals surface area contributed by atoms with Crippen LogP contribution in [0, 0.1) is 0 Å². The molecular formula is C52H83N3O16P2. The molecule has 73 heavy (non-hydrogen) atoms. The van der Waals surface area contributed by atoms with Crippen LogP contribution >= 0.6 is 15.6 Å². The minimum absolute atomic E-state index is 0.0893. The molecule has 0 aromatic carbocycles. The minimum Gasteiger partial charge on any atom is -0.462 e. The zero-order valence-electron chi connectivity index (χ0n) is 42.8. The number of hydrogen-bond acceptors (Lipinski definition) is 16. The standard InChI is InChI=1S/C52H83N3O16P2/c1-3-5-7-8-9-10-11-12-13-16-19-22-25-28-32-36-47(57)66-40-44(69-48(58)37-33-29-26-23-20-17-14-15-18-21-24-27-31-35-43(56)34-30-6-4-2)41-67-72(62,63)71-73(64,65)68-42-45-49(59)50(60)51(70-45)55-39-38-46(53)54-52(55)61/h6,12-13,15,17-18,20,24,26-27,29-31,35,38-39,43-45,49-51,56,59-60H,3-5,7-11,14,16,19,21-23,25,28,32-34,36-37,40-42H2,1-2H3,(H,62,63)(H,64,65)(H2,53,54,61)/b13-12-,18-15-,20-17-,27-24+,29-26-,30-6-,35-31+/t43?,44-,45-,49-,50-,51-/m1/s1. The van der Waals surface area contributed by atoms with E-state index in [4.69, 9.17) is 29.0 Å². The van der Waals surface area contributed by atoms with E-state index in [0.717, 1.165) is 68.6 Å². The van der Waals surface area contributed by atoms with Crippen LogP contribution in [-0.2, 0) is 46.3 Å². The van der Waals surface area contributed by atoms with Crippen molar-refractivity contribution in [3.63, 3.8) is 0 Å². The van der Waals surface area contributed by atoms with Gasteiger partial charge in [0.05, 0.1) is 19.3 Å². The Morgan fingerprint density at radius 2 is 1.34 bits per heavy atom. The molecule has 1 aromatic heterocycles. The van der Waals surface area contributed by atoms with Gasteiger partial charge in [-0.15, -0.1) is 0 Å². The number of unbranched alkanes of at least 4 members (excludes halogenated alkanes) is 11. The van der Waals surface area contributed by atoms with E-state index in [9.17, 15) is 48.6 Å². The Bertz CT molecular complexity index is 2070. The van der Waals surface area contributed by atoms with Crippen molar-refractivity contribution in [2.45, 2.75) is 185 Å². The van der Waals surface area contributed by atoms with Crippen LogP contribution in [-0.4, -0.2) is 96.9 Å². The number of nitrogen functional groups attached to an aromatic ring is 1. The quantitative estimate of drug-likeness (QED) is 0.0117. The van der Waals surface area contributed by atoms with E-state index in [2.05, 4.69) is 28.4 Å². The maximum absolute atomic E-state index is 12.8. The second-order valence-electron chi connectivity index (χ2n) is 17.5. The minimum atomic E-state index is -5.45. The second kappa shape index (κ2) is 39.3. The van der Waals surface area contributed by atoms with E-state index in [1.165, 1.54) is 44.6 Å². The van der Waals surface area contributed by atoms with Gasteiger partial charge in [-0.25, -0.2) is 13.9 Å². The number of allylic oxidation sites excluding steroid dienone is 12. The summed E-state index contributed by atoms with van der Waals surface area (Å²) < 4.78 is 56.7. The highest BCUT2D eigenvalue weighted by Gasteiger charge is 2.46. The molecule has 2 rings (SSSR count). The molecular weight excluding hydrogens is 985 g/mol. The van der Waals surface area contributed by atoms with Crippen molar-refractivity contribution in [2.75, 3.05) is 25.6 Å². The predicted molar refractivity (Wildman–Crippen MR) is 281 cm³/mol. The Balaban J connectivity index is 1.85. The Kier molecular flexibility index (Phi) is 35.0. The van der Waals surface area contributed by atoms with Gasteiger partial charge in [-0.3, -0.25) is 23.2 Å². The number of rotatable bonds is 41. The summed E-state index contributed by atoms with van der Waals surface area (Å²) >= 11 is 0. The number of carbonyl (C=O) groups is 2. The maximum atomic E-state index is 12.8. The third kappa shape index (κ3) is 32.1. The number of phosphoric acid groups is 2. The average molecular weight is 1070 g/mol. The van der Waals surface area contributed by atoms with Crippen LogP contribution in [0.4, 0.5) is 5.82 Å². The molecule has 0 aliphatic carbocycles. The molecule has 19 nitrogen and oxygen atoms in total. The summed E-state index contributed by atoms with van der Waals surface area (Å²) in [5.41, 5.74) is 4.58. The first-order chi connectivity index (χ1) is 35.1. The van der Waals surface area contributed by atoms with Gasteiger partial charge in [0, 0.05) is 19.0 Å². The van der Waals surface area contributed by atoms with Gasteiger partial charge in [0.25, 0.3) is 0 Å². The number of aliphatic hydroxyl groups excluding tert-OH is 3. The van der Waals surface area contributed by atoms with Crippen LogP contribution in [0.1, 0.15) is 155 Å². The van der Waals surface area contributed by atoms with E-state index in [0.29, 0.717) is 25.7 Å². The van der Waals surface area contributed by atoms with Gasteiger partial charge in [0.2, 0.25) is 0 Å². The Morgan fingerprint density at radius 1 is 0.740 bits per heavy atom. The fourth-order valence-corrected chi connectivity index (χ4v) is 9.17. The summed E-state index contributed by atoms with van der Waals surface area (Å²) in [4.78, 5) is 61.9. The summed E-state index contributed by atoms with van der Waals surface area (Å²) in [6.07, 6.45) is 38.6. The highest BCUT2D eigenvalue weighted by atomic mass is 31.3. The van der Waals surface area contributed by atoms with Crippen molar-refractivity contribution in [1.29, 1.82) is 0 Å². The number of carbonyl (C=O) groups excluding carboxylic acids is 2. The number of anilines is 1. The smallest absolute Gasteiger partial charge is 0.462 e. The van der Waals surface area contributed by atoms with Gasteiger partial charge in [0.15, 0.2) is 12.3 Å². The van der Waals surface area contributed by atoms with Crippen LogP contribution in [0.3, 0.4) is 0 Å². The molecule has 0 saturated carbocycles. The number of aromatic nitrogens is 2. The molecule has 0 amide bonds. The van der Waals surface area contributed by atoms with Crippen molar-refractivity contribution in [1.82, 2.24) is 9.55 Å². The lowest BCUT2D eigenvalue weighted by Crippen LogP contribution is -2.36. The van der Waals surface area contributed by atoms with Crippen molar-refractivity contribution in [3.8, 4) is 0 Å². The lowest BCUT2D eigenvalue weighted by atomic mass is 10.1. The molecule has 7 N–H and O–H groups in total. The number of ether oxygens (including phenoxy) is 3. The summed E-state index contributed by atoms with van der Waals surface area (Å²) in [5, 5.41) is 30.8. The topological polar surface area (TPSA) is 286 Å². The third-order valence-electron chi connectivity index (χ3n) is 11.1. The SMILES string of the molecule is CC/C=C\CC(O)/C=C/C=C/C/C=C\C/C=C\C/C=C\CCC(=O)O[C@H](COC(=O)CCCCCCC/C=C\CCCCCCCC)COP(=O)(O)OP(=O)(O)OC[C@H]1O[C@@H](n2ccc(N)nc2=O)[C@H](O)[C@@H]1O. The molecule has 0 bridgehead atoms. The van der Waals surface area contributed by atoms with Gasteiger partial charge in [-0.1, -0.05) is 150 Å². The lowest BCUT2D eigenvalue weighted by Gasteiger charge is -2.21. The molecule has 3 unspecified atom stereocenters. The molecule has 21 heteroatoms. The average Bonchev–Trinajstić information content (AvgIpc) is 3.62. The number of hydrogen-bond donors (Lipinski definition) is 6. The van der Waals surface area contributed by atoms with Crippen LogP contribution < -0.4 is 11.4 Å². The monoisotopic (exact) mass is 1070 g/mol. The molecule has 0 spiro atoms. The van der Waals surface area contributed by atoms with Gasteiger partial charge in [-0.05, 0) is 76.7 Å². The van der Waals surface area contributed by atoms with Crippen LogP contribution in [0.25, 0.3) is 0 Å². The second-order valence-corrected chi connectivity index (χ2v) is 20.5. The van der Waals surface area contributed by atoms with Crippen molar-refractivity contribution < 1.29 is 71.4 Å². The van der Waals surface area contributed by atoms with Crippen molar-refractivity contribution in [3.05, 3.63) is 108 Å². The van der Waals surface area contributed by atoms with Gasteiger partial charge in [-0.2, -0.15) is 9.29 Å². The van der Waals surface area contributed by atoms with E-state index in [1.807, 2.05) is 67.7 Å². The zero-order valence-corrected chi connectivity index (χ0v) is 44.6. The summed E-state index contributed by atoms with van der Waals surface area (Å²) in [5.74, 6) is -1.44. The molecule has 1 aliphatic heterocycles. The Hall–Kier alpha value is -4.10. The molecule has 412 valence electrons. The highest BCUT2D eigenvalue weighted by Crippen LogP contribution is 2.60. The first-order valence-corrected chi connectivity index (χ1v) is 28.7. The fourth-order valence-electron chi connectivity index (χ4n) is 7.06. The van der Waals surface area contributed by atoms with E-state index >= 15 is 0 Å². The molecule has 0 radical (unpaired) electrons. The Morgan fingerprint density at radius 3 is 2.00 bits per heavy atom. The first-order valence-electron chi connectivity index (χ1n) is 25.7. The lowest BCUT2D eigenvalue weighted by molar-refractivity contribution is -0.161. The first kappa shape index (κ1) is 65.0. The normalized spacial score (nSPS) is 20.1. The van der Waals surface area contributed by atoms with Crippen LogP contribution in [0.2, 0.25) is 0 Å².